The van der Waals surface area contributed by atoms with Gasteiger partial charge in [-0.3, -0.25) is 4.90 Å². The van der Waals surface area contributed by atoms with Crippen LogP contribution in [0.2, 0.25) is 0 Å². The predicted molar refractivity (Wildman–Crippen MR) is 67.2 cm³/mol. The van der Waals surface area contributed by atoms with Gasteiger partial charge in [0.1, 0.15) is 0 Å². The molecule has 0 spiro atoms. The predicted octanol–water partition coefficient (Wildman–Crippen LogP) is 2.49. The Morgan fingerprint density at radius 3 is 2.73 bits per heavy atom. The molecule has 0 saturated carbocycles. The van der Waals surface area contributed by atoms with Crippen molar-refractivity contribution in [3.63, 3.8) is 0 Å². The van der Waals surface area contributed by atoms with Crippen LogP contribution < -0.4 is 5.32 Å². The smallest absolute Gasteiger partial charge is 0.0192 e. The van der Waals surface area contributed by atoms with Crippen LogP contribution in [0.4, 0.5) is 0 Å². The van der Waals surface area contributed by atoms with Crippen LogP contribution in [-0.2, 0) is 0 Å². The maximum absolute atomic E-state index is 3.64. The molecule has 2 nitrogen and oxygen atoms in total. The van der Waals surface area contributed by atoms with Gasteiger partial charge in [0, 0.05) is 25.2 Å². The molecule has 1 fully saturated rings. The van der Waals surface area contributed by atoms with E-state index in [9.17, 15) is 0 Å². The van der Waals surface area contributed by atoms with Crippen molar-refractivity contribution < 1.29 is 0 Å². The largest absolute Gasteiger partial charge is 0.313 e. The summed E-state index contributed by atoms with van der Waals surface area (Å²) in [6.45, 7) is 13.0. The number of hydrogen-bond acceptors (Lipinski definition) is 2. The fourth-order valence-electron chi connectivity index (χ4n) is 2.26. The minimum atomic E-state index is 0.707. The van der Waals surface area contributed by atoms with Crippen LogP contribution in [-0.4, -0.2) is 36.6 Å². The Bertz CT molecular complexity index is 170. The second-order valence-corrected chi connectivity index (χ2v) is 5.16. The van der Waals surface area contributed by atoms with Crippen molar-refractivity contribution in [3.8, 4) is 0 Å². The molecule has 0 aromatic heterocycles. The van der Waals surface area contributed by atoms with Crippen LogP contribution in [0.1, 0.15) is 47.0 Å². The first kappa shape index (κ1) is 13.0. The van der Waals surface area contributed by atoms with Gasteiger partial charge in [-0.2, -0.15) is 0 Å². The fourth-order valence-corrected chi connectivity index (χ4v) is 2.26. The molecule has 0 aromatic carbocycles. The molecule has 1 aliphatic heterocycles. The lowest BCUT2D eigenvalue weighted by Gasteiger charge is -2.31. The fraction of sp³-hybridized carbons (Fsp3) is 1.00. The topological polar surface area (TPSA) is 15.3 Å². The van der Waals surface area contributed by atoms with Crippen LogP contribution in [0, 0.1) is 5.92 Å². The molecule has 3 unspecified atom stereocenters. The molecule has 1 rings (SSSR count). The van der Waals surface area contributed by atoms with Crippen molar-refractivity contribution in [1.29, 1.82) is 0 Å². The van der Waals surface area contributed by atoms with Gasteiger partial charge in [0.05, 0.1) is 0 Å². The molecule has 1 N–H and O–H groups in total. The Balaban J connectivity index is 2.49. The molecule has 0 bridgehead atoms. The molecule has 2 heteroatoms. The molecular formula is C13H28N2. The highest BCUT2D eigenvalue weighted by Crippen LogP contribution is 2.14. The van der Waals surface area contributed by atoms with E-state index in [2.05, 4.69) is 37.9 Å². The third kappa shape index (κ3) is 4.12. The minimum absolute atomic E-state index is 0.707. The molecule has 1 heterocycles. The zero-order chi connectivity index (χ0) is 11.3. The Morgan fingerprint density at radius 2 is 2.13 bits per heavy atom. The van der Waals surface area contributed by atoms with Gasteiger partial charge in [-0.25, -0.2) is 0 Å². The summed E-state index contributed by atoms with van der Waals surface area (Å²) in [5.41, 5.74) is 0. The van der Waals surface area contributed by atoms with E-state index < -0.39 is 0 Å². The first-order valence-electron chi connectivity index (χ1n) is 6.64. The van der Waals surface area contributed by atoms with E-state index in [1.165, 1.54) is 38.9 Å². The average molecular weight is 212 g/mol. The lowest BCUT2D eigenvalue weighted by Crippen LogP contribution is -2.41. The Morgan fingerprint density at radius 1 is 1.40 bits per heavy atom. The van der Waals surface area contributed by atoms with Crippen molar-refractivity contribution in [2.45, 2.75) is 59.0 Å². The lowest BCUT2D eigenvalue weighted by molar-refractivity contribution is 0.175. The first-order chi connectivity index (χ1) is 7.17. The Hall–Kier alpha value is -0.0800. The van der Waals surface area contributed by atoms with Crippen LogP contribution in [0.5, 0.6) is 0 Å². The first-order valence-corrected chi connectivity index (χ1v) is 6.64. The van der Waals surface area contributed by atoms with E-state index in [-0.39, 0.29) is 0 Å². The molecule has 3 atom stereocenters. The van der Waals surface area contributed by atoms with Gasteiger partial charge < -0.3 is 5.32 Å². The van der Waals surface area contributed by atoms with Crippen molar-refractivity contribution in [2.75, 3.05) is 19.6 Å². The number of hydrogen-bond donors (Lipinski definition) is 1. The zero-order valence-corrected chi connectivity index (χ0v) is 10.9. The maximum atomic E-state index is 3.64. The van der Waals surface area contributed by atoms with Gasteiger partial charge in [0.25, 0.3) is 0 Å². The van der Waals surface area contributed by atoms with Gasteiger partial charge in [0.2, 0.25) is 0 Å². The van der Waals surface area contributed by atoms with Crippen LogP contribution in [0.15, 0.2) is 0 Å². The van der Waals surface area contributed by atoms with E-state index in [0.717, 1.165) is 12.0 Å². The van der Waals surface area contributed by atoms with E-state index in [0.29, 0.717) is 6.04 Å². The lowest BCUT2D eigenvalue weighted by atomic mass is 10.1. The van der Waals surface area contributed by atoms with Gasteiger partial charge in [-0.05, 0) is 32.2 Å². The summed E-state index contributed by atoms with van der Waals surface area (Å²) in [7, 11) is 0. The van der Waals surface area contributed by atoms with Crippen LogP contribution in [0.3, 0.4) is 0 Å². The summed E-state index contributed by atoms with van der Waals surface area (Å²) in [6, 6.07) is 1.46. The molecule has 90 valence electrons. The molecule has 0 amide bonds. The average Bonchev–Trinajstić information content (AvgIpc) is 2.41. The van der Waals surface area contributed by atoms with Gasteiger partial charge in [-0.15, -0.1) is 0 Å². The summed E-state index contributed by atoms with van der Waals surface area (Å²) in [4.78, 5) is 2.68. The van der Waals surface area contributed by atoms with E-state index in [4.69, 9.17) is 0 Å². The standard InChI is InChI=1S/C13H28N2/c1-5-11(3)9-15-10-13(6-2)14-8-7-12(15)4/h11-14H,5-10H2,1-4H3. The number of nitrogens with one attached hydrogen (secondary N) is 1. The molecule has 0 radical (unpaired) electrons. The maximum Gasteiger partial charge on any atom is 0.0192 e. The normalized spacial score (nSPS) is 31.2. The van der Waals surface area contributed by atoms with E-state index in [1.807, 2.05) is 0 Å². The summed E-state index contributed by atoms with van der Waals surface area (Å²) in [6.07, 6.45) is 3.85. The van der Waals surface area contributed by atoms with Gasteiger partial charge in [-0.1, -0.05) is 27.2 Å². The van der Waals surface area contributed by atoms with Crippen LogP contribution in [0.25, 0.3) is 0 Å². The molecule has 15 heavy (non-hydrogen) atoms. The second kappa shape index (κ2) is 6.49. The summed E-state index contributed by atoms with van der Waals surface area (Å²) < 4.78 is 0. The van der Waals surface area contributed by atoms with E-state index >= 15 is 0 Å². The molecule has 1 saturated heterocycles. The SMILES string of the molecule is CCC(C)CN1CC(CC)NCCC1C. The van der Waals surface area contributed by atoms with E-state index in [1.54, 1.807) is 0 Å². The zero-order valence-electron chi connectivity index (χ0n) is 10.9. The molecule has 1 aliphatic rings. The Labute approximate surface area is 95.4 Å². The number of nitrogens with zero attached hydrogens (tertiary/aromatic N) is 1. The molecular weight excluding hydrogens is 184 g/mol. The Kier molecular flexibility index (Phi) is 5.62. The third-order valence-corrected chi connectivity index (χ3v) is 3.81. The molecule has 0 aromatic rings. The summed E-state index contributed by atoms with van der Waals surface area (Å²) in [5.74, 6) is 0.836. The highest BCUT2D eigenvalue weighted by Gasteiger charge is 2.22. The van der Waals surface area contributed by atoms with Crippen LogP contribution >= 0.6 is 0 Å². The van der Waals surface area contributed by atoms with Crippen molar-refractivity contribution in [2.24, 2.45) is 5.92 Å². The third-order valence-electron chi connectivity index (χ3n) is 3.81. The van der Waals surface area contributed by atoms with Gasteiger partial charge >= 0.3 is 0 Å². The second-order valence-electron chi connectivity index (χ2n) is 5.16. The highest BCUT2D eigenvalue weighted by atomic mass is 15.2. The highest BCUT2D eigenvalue weighted by molar-refractivity contribution is 4.80. The monoisotopic (exact) mass is 212 g/mol. The van der Waals surface area contributed by atoms with Crippen molar-refractivity contribution >= 4 is 0 Å². The van der Waals surface area contributed by atoms with Crippen molar-refractivity contribution in [1.82, 2.24) is 10.2 Å². The quantitative estimate of drug-likeness (QED) is 0.770. The number of rotatable bonds is 4. The van der Waals surface area contributed by atoms with Gasteiger partial charge in [0.15, 0.2) is 0 Å². The summed E-state index contributed by atoms with van der Waals surface area (Å²) >= 11 is 0. The minimum Gasteiger partial charge on any atom is -0.313 e. The van der Waals surface area contributed by atoms with Crippen molar-refractivity contribution in [3.05, 3.63) is 0 Å². The summed E-state index contributed by atoms with van der Waals surface area (Å²) in [5, 5.41) is 3.64. The molecule has 0 aliphatic carbocycles.